The van der Waals surface area contributed by atoms with Crippen LogP contribution >= 0.6 is 0 Å². The van der Waals surface area contributed by atoms with Crippen LogP contribution in [-0.2, 0) is 4.79 Å². The molecule has 3 nitrogen and oxygen atoms in total. The normalized spacial score (nSPS) is 18.2. The molecule has 1 atom stereocenters. The topological polar surface area (TPSA) is 32.3 Å². The number of rotatable bonds is 4. The third kappa shape index (κ3) is 3.07. The van der Waals surface area contributed by atoms with Gasteiger partial charge in [-0.05, 0) is 25.5 Å². The lowest BCUT2D eigenvalue weighted by molar-refractivity contribution is -0.133. The van der Waals surface area contributed by atoms with Crippen LogP contribution in [-0.4, -0.2) is 30.9 Å². The molecule has 1 aromatic rings. The van der Waals surface area contributed by atoms with Crippen LogP contribution in [0, 0.1) is 0 Å². The van der Waals surface area contributed by atoms with Gasteiger partial charge in [-0.25, -0.2) is 0 Å². The third-order valence-corrected chi connectivity index (χ3v) is 3.37. The molecule has 17 heavy (non-hydrogen) atoms. The number of nitrogens with one attached hydrogen (secondary N) is 1. The van der Waals surface area contributed by atoms with E-state index in [-0.39, 0.29) is 6.04 Å². The Labute approximate surface area is 103 Å². The molecular weight excluding hydrogens is 212 g/mol. The number of amides is 1. The van der Waals surface area contributed by atoms with E-state index in [1.807, 2.05) is 30.1 Å². The molecule has 0 spiro atoms. The fourth-order valence-corrected chi connectivity index (χ4v) is 2.32. The largest absolute Gasteiger partial charge is 0.341 e. The molecule has 0 bridgehead atoms. The second-order valence-corrected chi connectivity index (χ2v) is 4.55. The molecule has 1 amide bonds. The summed E-state index contributed by atoms with van der Waals surface area (Å²) in [5.41, 5.74) is 1.24. The molecule has 1 aliphatic rings. The highest BCUT2D eigenvalue weighted by atomic mass is 16.2. The number of piperidine rings is 1. The molecule has 1 unspecified atom stereocenters. The van der Waals surface area contributed by atoms with Crippen LogP contribution in [0.2, 0.25) is 0 Å². The van der Waals surface area contributed by atoms with Crippen molar-refractivity contribution >= 4 is 5.91 Å². The number of nitrogens with zero attached hydrogens (tertiary/aromatic N) is 1. The van der Waals surface area contributed by atoms with Gasteiger partial charge in [-0.2, -0.15) is 0 Å². The predicted molar refractivity (Wildman–Crippen MR) is 68.7 cm³/mol. The van der Waals surface area contributed by atoms with Gasteiger partial charge in [-0.15, -0.1) is 0 Å². The lowest BCUT2D eigenvalue weighted by Crippen LogP contribution is -2.40. The quantitative estimate of drug-likeness (QED) is 0.860. The Kier molecular flexibility index (Phi) is 4.15. The van der Waals surface area contributed by atoms with E-state index in [2.05, 4.69) is 17.4 Å². The standard InChI is InChI=1S/C14H20N2O/c1-15-13(12-7-3-2-4-8-12)11-16-10-6-5-9-14(16)17/h2-4,7-8,13,15H,5-6,9-11H2,1H3. The molecule has 0 aliphatic carbocycles. The van der Waals surface area contributed by atoms with Gasteiger partial charge in [0.05, 0.1) is 0 Å². The van der Waals surface area contributed by atoms with Crippen LogP contribution < -0.4 is 5.32 Å². The molecule has 2 rings (SSSR count). The van der Waals surface area contributed by atoms with E-state index < -0.39 is 0 Å². The van der Waals surface area contributed by atoms with Gasteiger partial charge < -0.3 is 10.2 Å². The molecule has 3 heteroatoms. The van der Waals surface area contributed by atoms with E-state index in [0.717, 1.165) is 25.9 Å². The molecule has 0 aromatic heterocycles. The van der Waals surface area contributed by atoms with Crippen LogP contribution in [0.4, 0.5) is 0 Å². The molecule has 1 aliphatic heterocycles. The van der Waals surface area contributed by atoms with Gasteiger partial charge in [-0.3, -0.25) is 4.79 Å². The Balaban J connectivity index is 2.02. The SMILES string of the molecule is CNC(CN1CCCCC1=O)c1ccccc1. The summed E-state index contributed by atoms with van der Waals surface area (Å²) in [6.45, 7) is 1.68. The van der Waals surface area contributed by atoms with Crippen LogP contribution in [0.1, 0.15) is 30.9 Å². The van der Waals surface area contributed by atoms with E-state index in [9.17, 15) is 4.79 Å². The molecular formula is C14H20N2O. The van der Waals surface area contributed by atoms with E-state index in [1.54, 1.807) is 0 Å². The maximum absolute atomic E-state index is 11.8. The van der Waals surface area contributed by atoms with E-state index in [1.165, 1.54) is 5.56 Å². The molecule has 1 fully saturated rings. The molecule has 1 heterocycles. The summed E-state index contributed by atoms with van der Waals surface area (Å²) < 4.78 is 0. The highest BCUT2D eigenvalue weighted by molar-refractivity contribution is 5.76. The molecule has 0 saturated carbocycles. The van der Waals surface area contributed by atoms with Crippen LogP contribution in [0.5, 0.6) is 0 Å². The first kappa shape index (κ1) is 12.1. The van der Waals surface area contributed by atoms with E-state index >= 15 is 0 Å². The summed E-state index contributed by atoms with van der Waals surface area (Å²) in [6.07, 6.45) is 2.90. The summed E-state index contributed by atoms with van der Waals surface area (Å²) in [5, 5.41) is 3.29. The number of likely N-dealkylation sites (tertiary alicyclic amines) is 1. The van der Waals surface area contributed by atoms with Crippen molar-refractivity contribution in [2.75, 3.05) is 20.1 Å². The van der Waals surface area contributed by atoms with Gasteiger partial charge in [0.1, 0.15) is 0 Å². The number of carbonyl (C=O) groups excluding carboxylic acids is 1. The maximum Gasteiger partial charge on any atom is 0.222 e. The lowest BCUT2D eigenvalue weighted by Gasteiger charge is -2.30. The van der Waals surface area contributed by atoms with Gasteiger partial charge >= 0.3 is 0 Å². The molecule has 1 N–H and O–H groups in total. The summed E-state index contributed by atoms with van der Waals surface area (Å²) in [7, 11) is 1.95. The minimum Gasteiger partial charge on any atom is -0.341 e. The number of likely N-dealkylation sites (N-methyl/N-ethyl adjacent to an activating group) is 1. The second-order valence-electron chi connectivity index (χ2n) is 4.55. The van der Waals surface area contributed by atoms with Crippen LogP contribution in [0.3, 0.4) is 0 Å². The minimum absolute atomic E-state index is 0.234. The first-order valence-electron chi connectivity index (χ1n) is 6.31. The zero-order chi connectivity index (χ0) is 12.1. The van der Waals surface area contributed by atoms with Gasteiger partial charge in [0, 0.05) is 25.6 Å². The van der Waals surface area contributed by atoms with E-state index in [4.69, 9.17) is 0 Å². The van der Waals surface area contributed by atoms with Gasteiger partial charge in [0.25, 0.3) is 0 Å². The van der Waals surface area contributed by atoms with Crippen molar-refractivity contribution in [3.8, 4) is 0 Å². The Morgan fingerprint density at radius 2 is 2.06 bits per heavy atom. The van der Waals surface area contributed by atoms with Crippen molar-refractivity contribution in [3.63, 3.8) is 0 Å². The summed E-state index contributed by atoms with van der Waals surface area (Å²) >= 11 is 0. The molecule has 1 saturated heterocycles. The molecule has 1 aromatic carbocycles. The van der Waals surface area contributed by atoms with Crippen molar-refractivity contribution in [2.45, 2.75) is 25.3 Å². The average molecular weight is 232 g/mol. The lowest BCUT2D eigenvalue weighted by atomic mass is 10.0. The van der Waals surface area contributed by atoms with Crippen molar-refractivity contribution in [2.24, 2.45) is 0 Å². The molecule has 0 radical (unpaired) electrons. The van der Waals surface area contributed by atoms with Gasteiger partial charge in [0.15, 0.2) is 0 Å². The Morgan fingerprint density at radius 3 is 2.71 bits per heavy atom. The first-order chi connectivity index (χ1) is 8.31. The van der Waals surface area contributed by atoms with Crippen molar-refractivity contribution in [1.29, 1.82) is 0 Å². The first-order valence-corrected chi connectivity index (χ1v) is 6.31. The maximum atomic E-state index is 11.8. The fraction of sp³-hybridized carbons (Fsp3) is 0.500. The number of carbonyl (C=O) groups is 1. The Hall–Kier alpha value is -1.35. The highest BCUT2D eigenvalue weighted by Crippen LogP contribution is 2.17. The van der Waals surface area contributed by atoms with E-state index in [0.29, 0.717) is 12.3 Å². The van der Waals surface area contributed by atoms with Gasteiger partial charge in [0.2, 0.25) is 5.91 Å². The zero-order valence-electron chi connectivity index (χ0n) is 10.4. The second kappa shape index (κ2) is 5.82. The summed E-state index contributed by atoms with van der Waals surface area (Å²) in [4.78, 5) is 13.8. The number of hydrogen-bond acceptors (Lipinski definition) is 2. The van der Waals surface area contributed by atoms with Crippen LogP contribution in [0.25, 0.3) is 0 Å². The Bertz CT molecular complexity index is 364. The molecule has 92 valence electrons. The average Bonchev–Trinajstić information content (AvgIpc) is 2.39. The van der Waals surface area contributed by atoms with Crippen LogP contribution in [0.15, 0.2) is 30.3 Å². The fourth-order valence-electron chi connectivity index (χ4n) is 2.32. The number of benzene rings is 1. The summed E-state index contributed by atoms with van der Waals surface area (Å²) in [6, 6.07) is 10.5. The highest BCUT2D eigenvalue weighted by Gasteiger charge is 2.21. The van der Waals surface area contributed by atoms with Crippen molar-refractivity contribution in [1.82, 2.24) is 10.2 Å². The summed E-state index contributed by atoms with van der Waals surface area (Å²) in [5.74, 6) is 0.299. The van der Waals surface area contributed by atoms with Crippen molar-refractivity contribution < 1.29 is 4.79 Å². The zero-order valence-corrected chi connectivity index (χ0v) is 10.4. The number of hydrogen-bond donors (Lipinski definition) is 1. The van der Waals surface area contributed by atoms with Gasteiger partial charge in [-0.1, -0.05) is 30.3 Å². The predicted octanol–water partition coefficient (Wildman–Crippen LogP) is 1.96. The minimum atomic E-state index is 0.234. The monoisotopic (exact) mass is 232 g/mol. The Morgan fingerprint density at radius 1 is 1.29 bits per heavy atom. The van der Waals surface area contributed by atoms with Crippen molar-refractivity contribution in [3.05, 3.63) is 35.9 Å². The smallest absolute Gasteiger partial charge is 0.222 e. The third-order valence-electron chi connectivity index (χ3n) is 3.37.